The smallest absolute Gasteiger partial charge is 0.229 e. The van der Waals surface area contributed by atoms with E-state index in [0.29, 0.717) is 11.8 Å². The van der Waals surface area contributed by atoms with Crippen LogP contribution in [0.25, 0.3) is 0 Å². The zero-order valence-corrected chi connectivity index (χ0v) is 19.9. The van der Waals surface area contributed by atoms with Crippen LogP contribution >= 0.6 is 15.9 Å². The van der Waals surface area contributed by atoms with Crippen molar-refractivity contribution >= 4 is 39.1 Å². The first-order valence-corrected chi connectivity index (χ1v) is 11.7. The highest BCUT2D eigenvalue weighted by atomic mass is 79.9. The van der Waals surface area contributed by atoms with Gasteiger partial charge in [0, 0.05) is 50.3 Å². The summed E-state index contributed by atoms with van der Waals surface area (Å²) < 4.78 is 6.71. The fourth-order valence-corrected chi connectivity index (χ4v) is 3.78. The largest absolute Gasteiger partial charge is 0.494 e. The molecule has 32 heavy (non-hydrogen) atoms. The molecule has 0 bridgehead atoms. The van der Waals surface area contributed by atoms with Crippen LogP contribution in [0.15, 0.2) is 65.3 Å². The number of aromatic nitrogens is 2. The van der Waals surface area contributed by atoms with E-state index in [9.17, 15) is 0 Å². The maximum absolute atomic E-state index is 5.91. The van der Waals surface area contributed by atoms with Crippen molar-refractivity contribution in [2.75, 3.05) is 57.0 Å². The van der Waals surface area contributed by atoms with Gasteiger partial charge < -0.3 is 25.2 Å². The van der Waals surface area contributed by atoms with Gasteiger partial charge in [0.15, 0.2) is 0 Å². The maximum Gasteiger partial charge on any atom is 0.229 e. The average molecular weight is 497 g/mol. The number of benzene rings is 2. The van der Waals surface area contributed by atoms with Gasteiger partial charge in [0.05, 0.1) is 11.1 Å². The quantitative estimate of drug-likeness (QED) is 0.414. The van der Waals surface area contributed by atoms with E-state index >= 15 is 0 Å². The second-order valence-corrected chi connectivity index (χ2v) is 8.73. The summed E-state index contributed by atoms with van der Waals surface area (Å²) in [6.45, 7) is 6.43. The van der Waals surface area contributed by atoms with Gasteiger partial charge in [0.2, 0.25) is 5.95 Å². The van der Waals surface area contributed by atoms with E-state index < -0.39 is 0 Å². The second kappa shape index (κ2) is 11.3. The first kappa shape index (κ1) is 22.5. The summed E-state index contributed by atoms with van der Waals surface area (Å²) in [7, 11) is 2.18. The molecule has 0 aliphatic carbocycles. The lowest BCUT2D eigenvalue weighted by Crippen LogP contribution is -2.44. The predicted molar refractivity (Wildman–Crippen MR) is 133 cm³/mol. The second-order valence-electron chi connectivity index (χ2n) is 7.88. The number of rotatable bonds is 9. The molecular weight excluding hydrogens is 468 g/mol. The molecule has 0 atom stereocenters. The summed E-state index contributed by atoms with van der Waals surface area (Å²) in [5.41, 5.74) is 1.87. The molecule has 1 aromatic heterocycles. The molecule has 168 valence electrons. The van der Waals surface area contributed by atoms with Gasteiger partial charge in [-0.2, -0.15) is 4.98 Å². The topological polar surface area (TPSA) is 65.6 Å². The summed E-state index contributed by atoms with van der Waals surface area (Å²) in [6.07, 6.45) is 2.77. The average Bonchev–Trinajstić information content (AvgIpc) is 2.82. The Morgan fingerprint density at radius 3 is 2.41 bits per heavy atom. The predicted octanol–water partition coefficient (Wildman–Crippen LogP) is 4.74. The lowest BCUT2D eigenvalue weighted by Gasteiger charge is -2.32. The van der Waals surface area contributed by atoms with Crippen molar-refractivity contribution in [1.82, 2.24) is 19.8 Å². The number of halogens is 1. The van der Waals surface area contributed by atoms with E-state index in [-0.39, 0.29) is 0 Å². The first-order chi connectivity index (χ1) is 15.7. The molecule has 1 aliphatic rings. The van der Waals surface area contributed by atoms with Crippen molar-refractivity contribution in [3.8, 4) is 5.75 Å². The van der Waals surface area contributed by atoms with E-state index in [0.717, 1.165) is 67.3 Å². The van der Waals surface area contributed by atoms with Crippen LogP contribution in [0, 0.1) is 0 Å². The molecule has 0 radical (unpaired) electrons. The van der Waals surface area contributed by atoms with E-state index in [1.165, 1.54) is 0 Å². The molecule has 0 amide bonds. The number of ether oxygens (including phenoxy) is 1. The molecule has 0 saturated carbocycles. The van der Waals surface area contributed by atoms with Crippen molar-refractivity contribution in [2.45, 2.75) is 6.42 Å². The molecule has 2 aromatic carbocycles. The standard InChI is InChI=1S/C24H29BrN6O/c1-30-13-15-31(16-14-30)12-5-17-32-21-10-8-20(9-11-21)28-24-26-18-22(25)23(29-24)27-19-6-3-2-4-7-19/h2-4,6-11,18H,5,12-17H2,1H3,(H2,26,27,28,29). The van der Waals surface area contributed by atoms with Gasteiger partial charge in [-0.25, -0.2) is 4.98 Å². The van der Waals surface area contributed by atoms with Crippen molar-refractivity contribution in [2.24, 2.45) is 0 Å². The first-order valence-electron chi connectivity index (χ1n) is 10.9. The highest BCUT2D eigenvalue weighted by Gasteiger charge is 2.13. The lowest BCUT2D eigenvalue weighted by atomic mass is 10.3. The molecule has 2 N–H and O–H groups in total. The maximum atomic E-state index is 5.91. The Kier molecular flexibility index (Phi) is 7.92. The van der Waals surface area contributed by atoms with E-state index in [4.69, 9.17) is 4.74 Å². The van der Waals surface area contributed by atoms with Crippen LogP contribution in [0.3, 0.4) is 0 Å². The van der Waals surface area contributed by atoms with Gasteiger partial charge in [-0.05, 0) is 65.8 Å². The van der Waals surface area contributed by atoms with E-state index in [1.54, 1.807) is 6.20 Å². The van der Waals surface area contributed by atoms with Crippen LogP contribution in [0.1, 0.15) is 6.42 Å². The number of likely N-dealkylation sites (N-methyl/N-ethyl adjacent to an activating group) is 1. The Morgan fingerprint density at radius 2 is 1.66 bits per heavy atom. The third-order valence-electron chi connectivity index (χ3n) is 5.37. The van der Waals surface area contributed by atoms with Gasteiger partial charge in [-0.3, -0.25) is 0 Å². The number of hydrogen-bond donors (Lipinski definition) is 2. The molecule has 4 rings (SSSR count). The lowest BCUT2D eigenvalue weighted by molar-refractivity contribution is 0.145. The Balaban J connectivity index is 1.26. The van der Waals surface area contributed by atoms with Gasteiger partial charge in [-0.15, -0.1) is 0 Å². The highest BCUT2D eigenvalue weighted by molar-refractivity contribution is 9.10. The molecular formula is C24H29BrN6O. The van der Waals surface area contributed by atoms with E-state index in [2.05, 4.69) is 53.4 Å². The Morgan fingerprint density at radius 1 is 0.938 bits per heavy atom. The number of para-hydroxylation sites is 1. The molecule has 1 saturated heterocycles. The fourth-order valence-electron chi connectivity index (χ4n) is 3.49. The van der Waals surface area contributed by atoms with Crippen molar-refractivity contribution in [1.29, 1.82) is 0 Å². The van der Waals surface area contributed by atoms with Gasteiger partial charge >= 0.3 is 0 Å². The van der Waals surface area contributed by atoms with Crippen LogP contribution in [0.4, 0.5) is 23.1 Å². The van der Waals surface area contributed by atoms with Crippen LogP contribution in [0.5, 0.6) is 5.75 Å². The van der Waals surface area contributed by atoms with Crippen LogP contribution in [0.2, 0.25) is 0 Å². The normalized spacial score (nSPS) is 14.8. The summed E-state index contributed by atoms with van der Waals surface area (Å²) in [6, 6.07) is 17.8. The van der Waals surface area contributed by atoms with Crippen molar-refractivity contribution in [3.05, 3.63) is 65.3 Å². The Bertz CT molecular complexity index is 978. The zero-order chi connectivity index (χ0) is 22.2. The SMILES string of the molecule is CN1CCN(CCCOc2ccc(Nc3ncc(Br)c(Nc4ccccc4)n3)cc2)CC1. The third-order valence-corrected chi connectivity index (χ3v) is 5.95. The molecule has 0 spiro atoms. The minimum absolute atomic E-state index is 0.521. The zero-order valence-electron chi connectivity index (χ0n) is 18.3. The highest BCUT2D eigenvalue weighted by Crippen LogP contribution is 2.25. The molecule has 1 aliphatic heterocycles. The minimum atomic E-state index is 0.521. The molecule has 2 heterocycles. The third kappa shape index (κ3) is 6.66. The fraction of sp³-hybridized carbons (Fsp3) is 0.333. The summed E-state index contributed by atoms with van der Waals surface area (Å²) >= 11 is 3.50. The number of nitrogens with zero attached hydrogens (tertiary/aromatic N) is 4. The van der Waals surface area contributed by atoms with Gasteiger partial charge in [0.1, 0.15) is 11.6 Å². The molecule has 3 aromatic rings. The molecule has 1 fully saturated rings. The molecule has 7 nitrogen and oxygen atoms in total. The summed E-state index contributed by atoms with van der Waals surface area (Å²) in [5, 5.41) is 6.55. The number of piperazine rings is 1. The monoisotopic (exact) mass is 496 g/mol. The van der Waals surface area contributed by atoms with Crippen LogP contribution in [-0.2, 0) is 0 Å². The van der Waals surface area contributed by atoms with Crippen molar-refractivity contribution in [3.63, 3.8) is 0 Å². The Labute approximate surface area is 197 Å². The Hall–Kier alpha value is -2.68. The van der Waals surface area contributed by atoms with Crippen molar-refractivity contribution < 1.29 is 4.74 Å². The molecule has 8 heteroatoms. The number of anilines is 4. The van der Waals surface area contributed by atoms with E-state index in [1.807, 2.05) is 54.6 Å². The van der Waals surface area contributed by atoms with Crippen LogP contribution < -0.4 is 15.4 Å². The number of nitrogens with one attached hydrogen (secondary N) is 2. The summed E-state index contributed by atoms with van der Waals surface area (Å²) in [4.78, 5) is 13.8. The van der Waals surface area contributed by atoms with Gasteiger partial charge in [0.25, 0.3) is 0 Å². The van der Waals surface area contributed by atoms with Gasteiger partial charge in [-0.1, -0.05) is 18.2 Å². The minimum Gasteiger partial charge on any atom is -0.494 e. The molecule has 0 unspecified atom stereocenters. The van der Waals surface area contributed by atoms with Crippen LogP contribution in [-0.4, -0.2) is 66.1 Å². The number of hydrogen-bond acceptors (Lipinski definition) is 7. The summed E-state index contributed by atoms with van der Waals surface area (Å²) in [5.74, 6) is 2.10.